The Hall–Kier alpha value is -1.44. The summed E-state index contributed by atoms with van der Waals surface area (Å²) >= 11 is 0. The van der Waals surface area contributed by atoms with E-state index in [0.717, 1.165) is 42.9 Å². The number of fused-ring (bicyclic) bond motifs is 1. The van der Waals surface area contributed by atoms with Crippen LogP contribution in [0.2, 0.25) is 0 Å². The first-order valence-electron chi connectivity index (χ1n) is 8.19. The van der Waals surface area contributed by atoms with Crippen LogP contribution in [0.15, 0.2) is 24.3 Å². The summed E-state index contributed by atoms with van der Waals surface area (Å²) in [5.41, 5.74) is 2.05. The number of likely N-dealkylation sites (tertiary alicyclic amines) is 1. The molecular formula is C16H24N4O2S. The lowest BCUT2D eigenvalue weighted by Crippen LogP contribution is -2.32. The molecule has 0 spiro atoms. The van der Waals surface area contributed by atoms with Crippen molar-refractivity contribution in [1.82, 2.24) is 19.6 Å². The standard InChI is InChI=1S/C16H24N4O2S/c1-2-9-23(21,22)17-10-13-7-8-20(11-13)12-16-18-14-5-3-4-6-15(14)19-16/h3-6,13,17H,2,7-12H2,1H3,(H,18,19). The van der Waals surface area contributed by atoms with E-state index < -0.39 is 10.0 Å². The maximum atomic E-state index is 11.7. The number of para-hydroxylation sites is 2. The number of imidazole rings is 1. The highest BCUT2D eigenvalue weighted by molar-refractivity contribution is 7.89. The van der Waals surface area contributed by atoms with E-state index >= 15 is 0 Å². The monoisotopic (exact) mass is 336 g/mol. The maximum absolute atomic E-state index is 11.7. The van der Waals surface area contributed by atoms with Gasteiger partial charge in [0.05, 0.1) is 23.3 Å². The van der Waals surface area contributed by atoms with E-state index in [-0.39, 0.29) is 5.75 Å². The zero-order chi connectivity index (χ0) is 16.3. The number of aromatic amines is 1. The van der Waals surface area contributed by atoms with Crippen molar-refractivity contribution in [1.29, 1.82) is 0 Å². The van der Waals surface area contributed by atoms with Gasteiger partial charge in [0.15, 0.2) is 0 Å². The lowest BCUT2D eigenvalue weighted by Gasteiger charge is -2.15. The number of hydrogen-bond acceptors (Lipinski definition) is 4. The minimum atomic E-state index is -3.10. The molecule has 1 fully saturated rings. The molecular weight excluding hydrogens is 312 g/mol. The molecule has 1 aromatic carbocycles. The van der Waals surface area contributed by atoms with E-state index in [9.17, 15) is 8.42 Å². The topological polar surface area (TPSA) is 78.1 Å². The van der Waals surface area contributed by atoms with Crippen LogP contribution in [0.25, 0.3) is 11.0 Å². The van der Waals surface area contributed by atoms with Gasteiger partial charge in [-0.3, -0.25) is 4.90 Å². The molecule has 0 bridgehead atoms. The highest BCUT2D eigenvalue weighted by Gasteiger charge is 2.24. The summed E-state index contributed by atoms with van der Waals surface area (Å²) in [6.07, 6.45) is 1.67. The Morgan fingerprint density at radius 1 is 1.39 bits per heavy atom. The Kier molecular flexibility index (Phi) is 4.99. The van der Waals surface area contributed by atoms with Crippen LogP contribution in [-0.2, 0) is 16.6 Å². The molecule has 3 rings (SSSR count). The quantitative estimate of drug-likeness (QED) is 0.807. The largest absolute Gasteiger partial charge is 0.341 e. The second kappa shape index (κ2) is 6.98. The summed E-state index contributed by atoms with van der Waals surface area (Å²) < 4.78 is 26.2. The molecule has 1 unspecified atom stereocenters. The van der Waals surface area contributed by atoms with Crippen molar-refractivity contribution < 1.29 is 8.42 Å². The van der Waals surface area contributed by atoms with E-state index in [1.54, 1.807) is 0 Å². The molecule has 2 N–H and O–H groups in total. The summed E-state index contributed by atoms with van der Waals surface area (Å²) in [4.78, 5) is 10.3. The fraction of sp³-hybridized carbons (Fsp3) is 0.562. The average Bonchev–Trinajstić information content (AvgIpc) is 3.11. The van der Waals surface area contributed by atoms with E-state index in [2.05, 4.69) is 19.6 Å². The third-order valence-corrected chi connectivity index (χ3v) is 5.80. The fourth-order valence-corrected chi connectivity index (χ4v) is 4.27. The van der Waals surface area contributed by atoms with Crippen molar-refractivity contribution in [2.45, 2.75) is 26.3 Å². The Labute approximate surface area is 137 Å². The summed E-state index contributed by atoms with van der Waals surface area (Å²) in [5.74, 6) is 1.56. The number of H-pyrrole nitrogens is 1. The molecule has 126 valence electrons. The van der Waals surface area contributed by atoms with E-state index in [0.29, 0.717) is 18.9 Å². The second-order valence-electron chi connectivity index (χ2n) is 6.26. The van der Waals surface area contributed by atoms with Gasteiger partial charge in [-0.25, -0.2) is 18.1 Å². The normalized spacial score (nSPS) is 19.6. The Morgan fingerprint density at radius 3 is 3.00 bits per heavy atom. The Balaban J connectivity index is 1.51. The molecule has 1 aliphatic rings. The number of nitrogens with one attached hydrogen (secondary N) is 2. The zero-order valence-electron chi connectivity index (χ0n) is 13.5. The molecule has 2 aromatic rings. The molecule has 1 atom stereocenters. The zero-order valence-corrected chi connectivity index (χ0v) is 14.3. The van der Waals surface area contributed by atoms with E-state index in [4.69, 9.17) is 0 Å². The van der Waals surface area contributed by atoms with Crippen LogP contribution in [0.4, 0.5) is 0 Å². The maximum Gasteiger partial charge on any atom is 0.211 e. The number of benzene rings is 1. The molecule has 23 heavy (non-hydrogen) atoms. The molecule has 0 aliphatic carbocycles. The predicted octanol–water partition coefficient (Wildman–Crippen LogP) is 1.71. The van der Waals surface area contributed by atoms with Gasteiger partial charge in [0, 0.05) is 13.1 Å². The van der Waals surface area contributed by atoms with Crippen LogP contribution >= 0.6 is 0 Å². The van der Waals surface area contributed by atoms with Crippen LogP contribution < -0.4 is 4.72 Å². The van der Waals surface area contributed by atoms with Crippen molar-refractivity contribution in [3.63, 3.8) is 0 Å². The summed E-state index contributed by atoms with van der Waals surface area (Å²) in [6.45, 7) is 5.10. The summed E-state index contributed by atoms with van der Waals surface area (Å²) in [7, 11) is -3.10. The highest BCUT2D eigenvalue weighted by Crippen LogP contribution is 2.19. The SMILES string of the molecule is CCCS(=O)(=O)NCC1CCN(Cc2nc3ccccc3[nH]2)C1. The van der Waals surface area contributed by atoms with Gasteiger partial charge in [-0.05, 0) is 37.4 Å². The summed E-state index contributed by atoms with van der Waals surface area (Å²) in [5, 5.41) is 0. The summed E-state index contributed by atoms with van der Waals surface area (Å²) in [6, 6.07) is 8.02. The van der Waals surface area contributed by atoms with Crippen LogP contribution in [0, 0.1) is 5.92 Å². The van der Waals surface area contributed by atoms with Gasteiger partial charge in [-0.1, -0.05) is 19.1 Å². The van der Waals surface area contributed by atoms with Gasteiger partial charge in [-0.2, -0.15) is 0 Å². The highest BCUT2D eigenvalue weighted by atomic mass is 32.2. The second-order valence-corrected chi connectivity index (χ2v) is 8.18. The smallest absolute Gasteiger partial charge is 0.211 e. The van der Waals surface area contributed by atoms with Gasteiger partial charge in [0.2, 0.25) is 10.0 Å². The lowest BCUT2D eigenvalue weighted by molar-refractivity contribution is 0.310. The van der Waals surface area contributed by atoms with Crippen molar-refractivity contribution in [2.75, 3.05) is 25.4 Å². The molecule has 0 radical (unpaired) electrons. The predicted molar refractivity (Wildman–Crippen MR) is 91.6 cm³/mol. The van der Waals surface area contributed by atoms with Crippen LogP contribution in [0.1, 0.15) is 25.6 Å². The van der Waals surface area contributed by atoms with Crippen molar-refractivity contribution in [2.24, 2.45) is 5.92 Å². The number of aromatic nitrogens is 2. The van der Waals surface area contributed by atoms with Crippen molar-refractivity contribution in [3.05, 3.63) is 30.1 Å². The number of nitrogens with zero attached hydrogens (tertiary/aromatic N) is 2. The minimum absolute atomic E-state index is 0.211. The van der Waals surface area contributed by atoms with Gasteiger partial charge < -0.3 is 4.98 Å². The molecule has 6 nitrogen and oxygen atoms in total. The third-order valence-electron chi connectivity index (χ3n) is 4.25. The average molecular weight is 336 g/mol. The Bertz CT molecular complexity index is 723. The first-order valence-corrected chi connectivity index (χ1v) is 9.84. The van der Waals surface area contributed by atoms with Gasteiger partial charge in [0.1, 0.15) is 5.82 Å². The van der Waals surface area contributed by atoms with Gasteiger partial charge >= 0.3 is 0 Å². The van der Waals surface area contributed by atoms with Gasteiger partial charge in [0.25, 0.3) is 0 Å². The molecule has 0 amide bonds. The van der Waals surface area contributed by atoms with Crippen LogP contribution in [0.5, 0.6) is 0 Å². The van der Waals surface area contributed by atoms with E-state index in [1.807, 2.05) is 31.2 Å². The molecule has 7 heteroatoms. The van der Waals surface area contributed by atoms with E-state index in [1.165, 1.54) is 0 Å². The number of rotatable bonds is 7. The third kappa shape index (κ3) is 4.31. The minimum Gasteiger partial charge on any atom is -0.341 e. The molecule has 0 saturated carbocycles. The van der Waals surface area contributed by atoms with Crippen molar-refractivity contribution in [3.8, 4) is 0 Å². The first-order chi connectivity index (χ1) is 11.1. The van der Waals surface area contributed by atoms with Crippen LogP contribution in [0.3, 0.4) is 0 Å². The van der Waals surface area contributed by atoms with Gasteiger partial charge in [-0.15, -0.1) is 0 Å². The lowest BCUT2D eigenvalue weighted by atomic mass is 10.1. The molecule has 2 heterocycles. The molecule has 1 aliphatic heterocycles. The molecule has 1 aromatic heterocycles. The number of hydrogen-bond donors (Lipinski definition) is 2. The molecule has 1 saturated heterocycles. The van der Waals surface area contributed by atoms with Crippen LogP contribution in [-0.4, -0.2) is 48.7 Å². The first kappa shape index (κ1) is 16.4. The van der Waals surface area contributed by atoms with Crippen molar-refractivity contribution >= 4 is 21.1 Å². The number of sulfonamides is 1. The fourth-order valence-electron chi connectivity index (χ4n) is 3.10. The Morgan fingerprint density at radius 2 is 2.22 bits per heavy atom.